The number of likely N-dealkylation sites (tertiary alicyclic amines) is 1. The van der Waals surface area contributed by atoms with Crippen molar-refractivity contribution in [1.82, 2.24) is 39.5 Å². The molecule has 17 nitrogen and oxygen atoms in total. The van der Waals surface area contributed by atoms with Crippen molar-refractivity contribution in [3.63, 3.8) is 0 Å². The summed E-state index contributed by atoms with van der Waals surface area (Å²) in [5.41, 5.74) is 2.88. The van der Waals surface area contributed by atoms with Gasteiger partial charge in [0.15, 0.2) is 11.3 Å². The Morgan fingerprint density at radius 3 is 2.55 bits per heavy atom. The number of fused-ring (bicyclic) bond motifs is 4. The Morgan fingerprint density at radius 1 is 1.00 bits per heavy atom. The number of imide groups is 2. The zero-order valence-corrected chi connectivity index (χ0v) is 34.7. The molecule has 1 unspecified atom stereocenters. The molecule has 330 valence electrons. The van der Waals surface area contributed by atoms with Crippen molar-refractivity contribution >= 4 is 52.4 Å². The second-order valence-corrected chi connectivity index (χ2v) is 18.0. The minimum absolute atomic E-state index is 0.0687. The van der Waals surface area contributed by atoms with Gasteiger partial charge >= 0.3 is 0 Å². The molecule has 3 N–H and O–H groups in total. The summed E-state index contributed by atoms with van der Waals surface area (Å²) in [6.45, 7) is 4.64. The first-order chi connectivity index (χ1) is 31.0. The van der Waals surface area contributed by atoms with E-state index in [1.807, 2.05) is 30.3 Å². The van der Waals surface area contributed by atoms with E-state index < -0.39 is 47.7 Å². The van der Waals surface area contributed by atoms with Crippen molar-refractivity contribution in [2.24, 2.45) is 11.3 Å². The highest BCUT2D eigenvalue weighted by molar-refractivity contribution is 6.25. The van der Waals surface area contributed by atoms with Crippen LogP contribution in [0.1, 0.15) is 93.7 Å². The minimum Gasteiger partial charge on any atom is -0.384 e. The molecule has 1 spiro atoms. The van der Waals surface area contributed by atoms with Gasteiger partial charge in [0.1, 0.15) is 17.4 Å². The van der Waals surface area contributed by atoms with E-state index in [4.69, 9.17) is 9.72 Å². The monoisotopic (exact) mass is 873 g/mol. The Hall–Kier alpha value is -6.60. The molecule has 4 saturated heterocycles. The van der Waals surface area contributed by atoms with E-state index in [0.29, 0.717) is 41.9 Å². The summed E-state index contributed by atoms with van der Waals surface area (Å²) in [7, 11) is 0. The minimum atomic E-state index is -2.93. The van der Waals surface area contributed by atoms with E-state index >= 15 is 0 Å². The van der Waals surface area contributed by atoms with Crippen LogP contribution in [0.4, 0.5) is 26.0 Å². The molecule has 8 heterocycles. The molecule has 5 amide bonds. The number of amides is 5. The molecule has 0 radical (unpaired) electrons. The molecule has 2 aromatic carbocycles. The second-order valence-electron chi connectivity index (χ2n) is 18.0. The number of nitrogens with one attached hydrogen (secondary N) is 3. The fourth-order valence-corrected chi connectivity index (χ4v) is 10.7. The molecular formula is C45H45F2N11O6. The summed E-state index contributed by atoms with van der Waals surface area (Å²) in [6, 6.07) is 13.8. The molecule has 19 heteroatoms. The van der Waals surface area contributed by atoms with E-state index in [2.05, 4.69) is 35.9 Å². The highest BCUT2D eigenvalue weighted by Gasteiger charge is 2.48. The number of aromatic nitrogens is 5. The number of carbonyl (C=O) groups excluding carboxylic acids is 5. The van der Waals surface area contributed by atoms with E-state index in [0.717, 1.165) is 68.7 Å². The van der Waals surface area contributed by atoms with Crippen LogP contribution in [0.5, 0.6) is 0 Å². The zero-order valence-electron chi connectivity index (χ0n) is 34.7. The summed E-state index contributed by atoms with van der Waals surface area (Å²) >= 11 is 0. The lowest BCUT2D eigenvalue weighted by molar-refractivity contribution is -0.136. The third-order valence-corrected chi connectivity index (χ3v) is 14.0. The molecule has 3 atom stereocenters. The average molecular weight is 874 g/mol. The lowest BCUT2D eigenvalue weighted by Crippen LogP contribution is -2.54. The molecule has 3 aromatic heterocycles. The van der Waals surface area contributed by atoms with Gasteiger partial charge in [-0.3, -0.25) is 39.1 Å². The quantitative estimate of drug-likeness (QED) is 0.157. The Bertz CT molecular complexity index is 2720. The first-order valence-corrected chi connectivity index (χ1v) is 21.8. The number of ether oxygens (including phenoxy) is 1. The largest absolute Gasteiger partial charge is 0.384 e. The SMILES string of the molecule is O=C1CCC(N2C(=O)c3cccc(NCC4CC5(CCN(Cc6ccc(-n7cc(NC(=O)c8cnn9ccc(N%10C[C@H]%11C[C@@H]%10CO%11)nc89)c(C(F)F)n7)cc6)CC5)C4)c3C2=O)C(=O)N1. The summed E-state index contributed by atoms with van der Waals surface area (Å²) in [5, 5.41) is 16.7. The van der Waals surface area contributed by atoms with Gasteiger partial charge in [-0.2, -0.15) is 10.2 Å². The van der Waals surface area contributed by atoms with E-state index in [-0.39, 0.29) is 52.8 Å². The molecule has 5 aliphatic heterocycles. The highest BCUT2D eigenvalue weighted by atomic mass is 19.3. The predicted molar refractivity (Wildman–Crippen MR) is 226 cm³/mol. The molecule has 5 aromatic rings. The highest BCUT2D eigenvalue weighted by Crippen LogP contribution is 2.53. The number of morpholine rings is 1. The van der Waals surface area contributed by atoms with Crippen molar-refractivity contribution in [2.45, 2.75) is 76.1 Å². The Kier molecular flexibility index (Phi) is 9.79. The number of alkyl halides is 2. The van der Waals surface area contributed by atoms with Crippen molar-refractivity contribution in [3.8, 4) is 5.69 Å². The predicted octanol–water partition coefficient (Wildman–Crippen LogP) is 4.59. The lowest BCUT2D eigenvalue weighted by Gasteiger charge is -2.52. The molecule has 64 heavy (non-hydrogen) atoms. The van der Waals surface area contributed by atoms with Gasteiger partial charge in [0, 0.05) is 37.9 Å². The zero-order chi connectivity index (χ0) is 43.9. The van der Waals surface area contributed by atoms with Gasteiger partial charge in [-0.1, -0.05) is 18.2 Å². The van der Waals surface area contributed by atoms with Crippen LogP contribution in [-0.2, 0) is 20.9 Å². The average Bonchev–Trinajstić information content (AvgIpc) is 4.13. The number of piperidine rings is 2. The van der Waals surface area contributed by atoms with Gasteiger partial charge in [0.05, 0.1) is 53.6 Å². The first kappa shape index (κ1) is 40.2. The number of rotatable bonds is 11. The molecule has 6 aliphatic rings. The summed E-state index contributed by atoms with van der Waals surface area (Å²) in [5.74, 6) is -1.57. The lowest BCUT2D eigenvalue weighted by atomic mass is 9.57. The van der Waals surface area contributed by atoms with Crippen LogP contribution in [0.3, 0.4) is 0 Å². The maximum atomic E-state index is 14.3. The van der Waals surface area contributed by atoms with E-state index in [1.165, 1.54) is 21.6 Å². The van der Waals surface area contributed by atoms with Gasteiger partial charge in [0.25, 0.3) is 24.1 Å². The third-order valence-electron chi connectivity index (χ3n) is 14.0. The molecule has 11 rings (SSSR count). The molecule has 1 aliphatic carbocycles. The van der Waals surface area contributed by atoms with Crippen LogP contribution in [0.15, 0.2) is 67.1 Å². The van der Waals surface area contributed by atoms with E-state index in [9.17, 15) is 32.8 Å². The number of nitrogens with zero attached hydrogens (tertiary/aromatic N) is 8. The number of anilines is 3. The number of carbonyl (C=O) groups is 5. The van der Waals surface area contributed by atoms with Gasteiger partial charge < -0.3 is 20.3 Å². The van der Waals surface area contributed by atoms with Crippen LogP contribution in [0, 0.1) is 11.3 Å². The second kappa shape index (κ2) is 15.6. The number of halogens is 2. The van der Waals surface area contributed by atoms with Gasteiger partial charge in [-0.05, 0) is 98.8 Å². The third kappa shape index (κ3) is 7.06. The summed E-state index contributed by atoms with van der Waals surface area (Å²) in [6.07, 6.45) is 7.12. The molecule has 1 saturated carbocycles. The van der Waals surface area contributed by atoms with Crippen LogP contribution >= 0.6 is 0 Å². The maximum absolute atomic E-state index is 14.3. The van der Waals surface area contributed by atoms with Crippen molar-refractivity contribution in [2.75, 3.05) is 48.3 Å². The van der Waals surface area contributed by atoms with Crippen molar-refractivity contribution < 1.29 is 37.5 Å². The van der Waals surface area contributed by atoms with E-state index in [1.54, 1.807) is 24.4 Å². The number of hydrogen-bond acceptors (Lipinski definition) is 12. The smallest absolute Gasteiger partial charge is 0.284 e. The van der Waals surface area contributed by atoms with Crippen molar-refractivity contribution in [1.29, 1.82) is 0 Å². The fraction of sp³-hybridized carbons (Fsp3) is 0.422. The molecule has 5 fully saturated rings. The summed E-state index contributed by atoms with van der Waals surface area (Å²) < 4.78 is 37.1. The van der Waals surface area contributed by atoms with Gasteiger partial charge in [0.2, 0.25) is 11.8 Å². The van der Waals surface area contributed by atoms with Crippen molar-refractivity contribution in [3.05, 3.63) is 95.1 Å². The number of hydrogen-bond donors (Lipinski definition) is 3. The Balaban J connectivity index is 0.677. The normalized spacial score (nSPS) is 23.1. The molecular weight excluding hydrogens is 829 g/mol. The topological polar surface area (TPSA) is 188 Å². The first-order valence-electron chi connectivity index (χ1n) is 21.8. The van der Waals surface area contributed by atoms with Gasteiger partial charge in [-0.15, -0.1) is 0 Å². The summed E-state index contributed by atoms with van der Waals surface area (Å²) in [4.78, 5) is 74.7. The van der Waals surface area contributed by atoms with Crippen LogP contribution in [-0.4, -0.2) is 115 Å². The Labute approximate surface area is 365 Å². The standard InChI is InChI=1S/C45H45F2N11O6/c46-39(47)38-33(50-41(60)31-20-49-56-13-10-35(51-40(31)56)55-22-29-16-28(55)24-64-29)23-57(53-38)27-6-4-25(5-7-27)21-54-14-11-45(12-15-54)17-26(18-45)19-48-32-3-1-2-30-37(32)44(63)58(43(30)62)34-8-9-36(59)52-42(34)61/h1-7,10,13,20,23,26,28-29,34,39,48H,8-9,11-12,14-19,21-22,24H2,(H,50,60)(H,52,59,61)/t28-,29-,34?/m1/s1. The van der Waals surface area contributed by atoms with Crippen LogP contribution < -0.4 is 20.9 Å². The Morgan fingerprint density at radius 2 is 1.81 bits per heavy atom. The van der Waals surface area contributed by atoms with Crippen LogP contribution in [0.25, 0.3) is 11.3 Å². The fourth-order valence-electron chi connectivity index (χ4n) is 10.7. The van der Waals surface area contributed by atoms with Crippen LogP contribution in [0.2, 0.25) is 0 Å². The number of benzene rings is 2. The van der Waals surface area contributed by atoms with Gasteiger partial charge in [-0.25, -0.2) is 23.0 Å². The maximum Gasteiger partial charge on any atom is 0.284 e. The molecule has 2 bridgehead atoms.